The molecule has 33 heavy (non-hydrogen) atoms. The topological polar surface area (TPSA) is 93.0 Å². The van der Waals surface area contributed by atoms with Gasteiger partial charge in [-0.15, -0.1) is 10.2 Å². The zero-order valence-corrected chi connectivity index (χ0v) is 20.1. The molecular weight excluding hydrogens is 460 g/mol. The van der Waals surface area contributed by atoms with Crippen LogP contribution in [0.3, 0.4) is 0 Å². The molecule has 1 aliphatic heterocycles. The van der Waals surface area contributed by atoms with Crippen molar-refractivity contribution in [3.63, 3.8) is 0 Å². The molecule has 0 saturated carbocycles. The van der Waals surface area contributed by atoms with E-state index in [1.54, 1.807) is 18.5 Å². The third-order valence-corrected chi connectivity index (χ3v) is 6.96. The molecule has 2 amide bonds. The van der Waals surface area contributed by atoms with Gasteiger partial charge in [0.15, 0.2) is 5.16 Å². The number of pyridine rings is 1. The van der Waals surface area contributed by atoms with Crippen molar-refractivity contribution in [2.45, 2.75) is 31.8 Å². The first kappa shape index (κ1) is 23.3. The molecule has 0 spiro atoms. The summed E-state index contributed by atoms with van der Waals surface area (Å²) in [6.45, 7) is 5.24. The van der Waals surface area contributed by atoms with Crippen LogP contribution in [-0.2, 0) is 9.59 Å². The average Bonchev–Trinajstić information content (AvgIpc) is 3.29. The molecule has 1 aromatic carbocycles. The molecule has 172 valence electrons. The molecule has 1 fully saturated rings. The van der Waals surface area contributed by atoms with E-state index in [2.05, 4.69) is 46.5 Å². The van der Waals surface area contributed by atoms with Crippen LogP contribution in [0.25, 0.3) is 5.69 Å². The van der Waals surface area contributed by atoms with Gasteiger partial charge in [0.1, 0.15) is 12.1 Å². The number of piperidine rings is 1. The molecule has 1 aliphatic rings. The lowest BCUT2D eigenvalue weighted by Crippen LogP contribution is -2.42. The van der Waals surface area contributed by atoms with E-state index >= 15 is 0 Å². The highest BCUT2D eigenvalue weighted by atomic mass is 35.5. The minimum Gasteiger partial charge on any atom is -0.342 e. The van der Waals surface area contributed by atoms with Crippen molar-refractivity contribution in [1.82, 2.24) is 24.6 Å². The maximum atomic E-state index is 12.8. The quantitative estimate of drug-likeness (QED) is 0.533. The fourth-order valence-electron chi connectivity index (χ4n) is 3.66. The number of benzene rings is 1. The van der Waals surface area contributed by atoms with Crippen molar-refractivity contribution >= 4 is 41.0 Å². The van der Waals surface area contributed by atoms with Gasteiger partial charge in [0.25, 0.3) is 0 Å². The average molecular weight is 485 g/mol. The Hall–Kier alpha value is -2.91. The molecule has 0 aliphatic carbocycles. The minimum atomic E-state index is -0.146. The molecule has 4 rings (SSSR count). The number of likely N-dealkylation sites (tertiary alicyclic amines) is 1. The Balaban J connectivity index is 1.28. The van der Waals surface area contributed by atoms with Crippen LogP contribution >= 0.6 is 23.4 Å². The van der Waals surface area contributed by atoms with Crippen molar-refractivity contribution in [1.29, 1.82) is 0 Å². The molecule has 1 saturated heterocycles. The van der Waals surface area contributed by atoms with Gasteiger partial charge >= 0.3 is 0 Å². The van der Waals surface area contributed by atoms with Gasteiger partial charge in [-0.3, -0.25) is 14.2 Å². The highest BCUT2D eigenvalue weighted by Crippen LogP contribution is 2.24. The normalized spacial score (nSPS) is 14.3. The summed E-state index contributed by atoms with van der Waals surface area (Å²) in [5.74, 6) is 0.564. The third kappa shape index (κ3) is 5.72. The largest absolute Gasteiger partial charge is 0.342 e. The summed E-state index contributed by atoms with van der Waals surface area (Å²) in [5, 5.41) is 12.2. The Morgan fingerprint density at radius 3 is 2.64 bits per heavy atom. The van der Waals surface area contributed by atoms with Crippen LogP contribution in [0.2, 0.25) is 5.02 Å². The summed E-state index contributed by atoms with van der Waals surface area (Å²) in [6, 6.07) is 9.52. The molecule has 3 aromatic rings. The number of carbonyl (C=O) groups excluding carboxylic acids is 2. The number of aryl methyl sites for hydroxylation is 2. The fraction of sp³-hybridized carbons (Fsp3) is 0.348. The van der Waals surface area contributed by atoms with Crippen LogP contribution in [0, 0.1) is 19.8 Å². The van der Waals surface area contributed by atoms with Crippen molar-refractivity contribution in [2.24, 2.45) is 5.92 Å². The lowest BCUT2D eigenvalue weighted by atomic mass is 9.96. The van der Waals surface area contributed by atoms with Gasteiger partial charge in [-0.1, -0.05) is 29.4 Å². The number of thioether (sulfide) groups is 1. The molecule has 8 nitrogen and oxygen atoms in total. The first-order valence-electron chi connectivity index (χ1n) is 10.7. The van der Waals surface area contributed by atoms with Crippen LogP contribution in [0.5, 0.6) is 0 Å². The molecule has 0 unspecified atom stereocenters. The number of nitrogens with zero attached hydrogens (tertiary/aromatic N) is 5. The van der Waals surface area contributed by atoms with Gasteiger partial charge in [0.05, 0.1) is 10.8 Å². The zero-order chi connectivity index (χ0) is 23.4. The van der Waals surface area contributed by atoms with Gasteiger partial charge in [0, 0.05) is 30.9 Å². The monoisotopic (exact) mass is 484 g/mol. The lowest BCUT2D eigenvalue weighted by molar-refractivity contribution is -0.132. The van der Waals surface area contributed by atoms with Crippen molar-refractivity contribution < 1.29 is 9.59 Å². The van der Waals surface area contributed by atoms with E-state index in [-0.39, 0.29) is 23.5 Å². The molecule has 10 heteroatoms. The number of rotatable bonds is 6. The van der Waals surface area contributed by atoms with E-state index < -0.39 is 0 Å². The summed E-state index contributed by atoms with van der Waals surface area (Å²) < 4.78 is 1.89. The zero-order valence-electron chi connectivity index (χ0n) is 18.5. The van der Waals surface area contributed by atoms with Gasteiger partial charge in [-0.25, -0.2) is 4.98 Å². The van der Waals surface area contributed by atoms with E-state index in [9.17, 15) is 9.59 Å². The number of carbonyl (C=O) groups is 2. The fourth-order valence-corrected chi connectivity index (χ4v) is 4.61. The molecule has 0 radical (unpaired) electrons. The minimum absolute atomic E-state index is 0.0351. The Morgan fingerprint density at radius 2 is 1.94 bits per heavy atom. The Morgan fingerprint density at radius 1 is 1.15 bits per heavy atom. The van der Waals surface area contributed by atoms with Gasteiger partial charge in [-0.2, -0.15) is 0 Å². The molecule has 3 heterocycles. The van der Waals surface area contributed by atoms with Gasteiger partial charge in [0.2, 0.25) is 11.8 Å². The van der Waals surface area contributed by atoms with Crippen LogP contribution in [-0.4, -0.2) is 55.3 Å². The predicted molar refractivity (Wildman–Crippen MR) is 129 cm³/mol. The second kappa shape index (κ2) is 10.4. The standard InChI is InChI=1S/C23H25ClN6O2S/c1-15-3-5-19(11-16(15)2)30-14-26-28-23(30)33-13-21(31)29-9-7-17(8-10-29)22(32)27-20-6-4-18(24)12-25-20/h3-6,11-12,14,17H,7-10,13H2,1-2H3,(H,25,27,32). The highest BCUT2D eigenvalue weighted by molar-refractivity contribution is 7.99. The Kier molecular flexibility index (Phi) is 7.29. The Labute approximate surface area is 201 Å². The number of nitrogens with one attached hydrogen (secondary N) is 1. The van der Waals surface area contributed by atoms with E-state index in [1.165, 1.54) is 29.1 Å². The predicted octanol–water partition coefficient (Wildman–Crippen LogP) is 3.90. The van der Waals surface area contributed by atoms with Crippen LogP contribution in [0.1, 0.15) is 24.0 Å². The molecule has 1 N–H and O–H groups in total. The van der Waals surface area contributed by atoms with E-state index in [0.29, 0.717) is 41.9 Å². The van der Waals surface area contributed by atoms with E-state index in [0.717, 1.165) is 5.69 Å². The summed E-state index contributed by atoms with van der Waals surface area (Å²) in [6.07, 6.45) is 4.40. The third-order valence-electron chi connectivity index (χ3n) is 5.81. The molecule has 0 atom stereocenters. The highest BCUT2D eigenvalue weighted by Gasteiger charge is 2.27. The SMILES string of the molecule is Cc1ccc(-n2cnnc2SCC(=O)N2CCC(C(=O)Nc3ccc(Cl)cn3)CC2)cc1C. The van der Waals surface area contributed by atoms with Crippen LogP contribution in [0.15, 0.2) is 48.0 Å². The second-order valence-electron chi connectivity index (χ2n) is 8.05. The summed E-state index contributed by atoms with van der Waals surface area (Å²) in [4.78, 5) is 31.2. The van der Waals surface area contributed by atoms with Crippen molar-refractivity contribution in [3.05, 3.63) is 59.0 Å². The molecular formula is C23H25ClN6O2S. The van der Waals surface area contributed by atoms with Crippen LogP contribution < -0.4 is 5.32 Å². The number of anilines is 1. The lowest BCUT2D eigenvalue weighted by Gasteiger charge is -2.31. The first-order valence-corrected chi connectivity index (χ1v) is 12.1. The number of amides is 2. The molecule has 2 aromatic heterocycles. The second-order valence-corrected chi connectivity index (χ2v) is 9.43. The number of hydrogen-bond donors (Lipinski definition) is 1. The number of aromatic nitrogens is 4. The maximum absolute atomic E-state index is 12.8. The van der Waals surface area contributed by atoms with Crippen LogP contribution in [0.4, 0.5) is 5.82 Å². The summed E-state index contributed by atoms with van der Waals surface area (Å²) in [5.41, 5.74) is 3.38. The van der Waals surface area contributed by atoms with Gasteiger partial charge in [-0.05, 0) is 62.1 Å². The maximum Gasteiger partial charge on any atom is 0.233 e. The summed E-state index contributed by atoms with van der Waals surface area (Å²) in [7, 11) is 0. The molecule has 0 bridgehead atoms. The summed E-state index contributed by atoms with van der Waals surface area (Å²) >= 11 is 7.20. The smallest absolute Gasteiger partial charge is 0.233 e. The number of hydrogen-bond acceptors (Lipinski definition) is 6. The van der Waals surface area contributed by atoms with Crippen molar-refractivity contribution in [3.8, 4) is 5.69 Å². The van der Waals surface area contributed by atoms with E-state index in [1.807, 2.05) is 15.5 Å². The first-order chi connectivity index (χ1) is 15.9. The van der Waals surface area contributed by atoms with Gasteiger partial charge < -0.3 is 10.2 Å². The number of halogens is 1. The van der Waals surface area contributed by atoms with Crippen molar-refractivity contribution in [2.75, 3.05) is 24.2 Å². The van der Waals surface area contributed by atoms with E-state index in [4.69, 9.17) is 11.6 Å². The Bertz CT molecular complexity index is 1140.